The average Bonchev–Trinajstić information content (AvgIpc) is 2.61. The fourth-order valence-corrected chi connectivity index (χ4v) is 6.25. The van der Waals surface area contributed by atoms with Crippen LogP contribution in [0.15, 0.2) is 0 Å². The van der Waals surface area contributed by atoms with Gasteiger partial charge in [0.15, 0.2) is 0 Å². The molecule has 3 saturated heterocycles. The number of rotatable bonds is 2. The van der Waals surface area contributed by atoms with Crippen LogP contribution in [0, 0.1) is 5.41 Å². The summed E-state index contributed by atoms with van der Waals surface area (Å²) in [5.41, 5.74) is 6.98. The second-order valence-electron chi connectivity index (χ2n) is 8.05. The van der Waals surface area contributed by atoms with E-state index in [-0.39, 0.29) is 5.54 Å². The van der Waals surface area contributed by atoms with E-state index in [9.17, 15) is 0 Å². The molecule has 3 aliphatic heterocycles. The van der Waals surface area contributed by atoms with Crippen LogP contribution in [0.4, 0.5) is 0 Å². The molecule has 3 aliphatic rings. The molecule has 0 spiro atoms. The van der Waals surface area contributed by atoms with E-state index >= 15 is 0 Å². The number of nitrogens with two attached hydrogens (primary N) is 1. The van der Waals surface area contributed by atoms with Crippen molar-refractivity contribution in [2.24, 2.45) is 11.1 Å². The van der Waals surface area contributed by atoms with Gasteiger partial charge in [0.2, 0.25) is 0 Å². The normalized spacial score (nSPS) is 42.6. The van der Waals surface area contributed by atoms with Crippen LogP contribution < -0.4 is 5.73 Å². The first-order valence-corrected chi connectivity index (χ1v) is 9.36. The number of thioether (sulfide) groups is 1. The van der Waals surface area contributed by atoms with Gasteiger partial charge in [0.1, 0.15) is 0 Å². The van der Waals surface area contributed by atoms with Crippen LogP contribution in [0.2, 0.25) is 0 Å². The molecule has 0 radical (unpaired) electrons. The summed E-state index contributed by atoms with van der Waals surface area (Å²) in [4.78, 5) is 5.42. The fourth-order valence-electron chi connectivity index (χ4n) is 4.71. The molecule has 0 aromatic rings. The van der Waals surface area contributed by atoms with Crippen LogP contribution in [0.1, 0.15) is 39.5 Å². The summed E-state index contributed by atoms with van der Waals surface area (Å²) >= 11 is 2.12. The minimum atomic E-state index is 0.248. The standard InChI is InChI=1S/C16H31N3S/c1-15(2)9-16(10-17,12-20-11-15)19-7-6-13-4-5-14(8-19)18(13)3/h13-14H,4-12,17H2,1-3H3. The Labute approximate surface area is 128 Å². The van der Waals surface area contributed by atoms with Crippen molar-refractivity contribution in [2.45, 2.75) is 57.2 Å². The molecule has 3 rings (SSSR count). The van der Waals surface area contributed by atoms with E-state index in [4.69, 9.17) is 5.73 Å². The molecule has 0 saturated carbocycles. The van der Waals surface area contributed by atoms with E-state index in [0.717, 1.165) is 18.6 Å². The highest BCUT2D eigenvalue weighted by atomic mass is 32.2. The zero-order valence-electron chi connectivity index (χ0n) is 13.4. The van der Waals surface area contributed by atoms with Gasteiger partial charge in [-0.3, -0.25) is 9.80 Å². The SMILES string of the molecule is CN1C2CCC1CN(C1(CN)CSCC(C)(C)C1)CC2. The summed E-state index contributed by atoms with van der Waals surface area (Å²) in [7, 11) is 2.33. The molecule has 20 heavy (non-hydrogen) atoms. The largest absolute Gasteiger partial charge is 0.329 e. The van der Waals surface area contributed by atoms with Crippen LogP contribution in [-0.2, 0) is 0 Å². The molecule has 3 atom stereocenters. The zero-order chi connectivity index (χ0) is 14.4. The Bertz CT molecular complexity index is 360. The number of hydrogen-bond donors (Lipinski definition) is 1. The van der Waals surface area contributed by atoms with Crippen molar-refractivity contribution in [1.29, 1.82) is 0 Å². The highest BCUT2D eigenvalue weighted by Crippen LogP contribution is 2.43. The molecule has 116 valence electrons. The molecule has 0 aromatic heterocycles. The van der Waals surface area contributed by atoms with Crippen LogP contribution in [-0.4, -0.2) is 65.6 Å². The van der Waals surface area contributed by atoms with Crippen molar-refractivity contribution in [3.63, 3.8) is 0 Å². The van der Waals surface area contributed by atoms with Gasteiger partial charge in [-0.2, -0.15) is 11.8 Å². The minimum Gasteiger partial charge on any atom is -0.329 e. The molecule has 0 amide bonds. The summed E-state index contributed by atoms with van der Waals surface area (Å²) in [6.07, 6.45) is 5.39. The Morgan fingerprint density at radius 3 is 2.60 bits per heavy atom. The molecule has 4 heteroatoms. The van der Waals surface area contributed by atoms with Gasteiger partial charge in [0.25, 0.3) is 0 Å². The Kier molecular flexibility index (Phi) is 4.13. The van der Waals surface area contributed by atoms with E-state index in [2.05, 4.69) is 42.5 Å². The first-order valence-electron chi connectivity index (χ1n) is 8.21. The van der Waals surface area contributed by atoms with Crippen molar-refractivity contribution < 1.29 is 0 Å². The maximum Gasteiger partial charge on any atom is 0.0427 e. The van der Waals surface area contributed by atoms with E-state index in [0.29, 0.717) is 5.41 Å². The van der Waals surface area contributed by atoms with Crippen molar-refractivity contribution in [2.75, 3.05) is 38.2 Å². The van der Waals surface area contributed by atoms with Crippen LogP contribution >= 0.6 is 11.8 Å². The third kappa shape index (κ3) is 2.65. The summed E-state index contributed by atoms with van der Waals surface area (Å²) in [6.45, 7) is 8.14. The first-order chi connectivity index (χ1) is 9.46. The number of likely N-dealkylation sites (N-methyl/N-ethyl adjacent to an activating group) is 1. The van der Waals surface area contributed by atoms with Crippen molar-refractivity contribution >= 4 is 11.8 Å². The molecule has 3 unspecified atom stereocenters. The maximum atomic E-state index is 6.31. The van der Waals surface area contributed by atoms with Gasteiger partial charge >= 0.3 is 0 Å². The van der Waals surface area contributed by atoms with E-state index in [1.807, 2.05) is 0 Å². The van der Waals surface area contributed by atoms with Gasteiger partial charge in [0.05, 0.1) is 0 Å². The number of likely N-dealkylation sites (tertiary alicyclic amines) is 1. The average molecular weight is 298 g/mol. The molecule has 3 fully saturated rings. The van der Waals surface area contributed by atoms with Gasteiger partial charge in [-0.05, 0) is 43.9 Å². The van der Waals surface area contributed by atoms with Crippen LogP contribution in [0.5, 0.6) is 0 Å². The van der Waals surface area contributed by atoms with E-state index in [1.165, 1.54) is 50.3 Å². The number of hydrogen-bond acceptors (Lipinski definition) is 4. The summed E-state index contributed by atoms with van der Waals surface area (Å²) in [6, 6.07) is 1.59. The Morgan fingerprint density at radius 2 is 1.90 bits per heavy atom. The smallest absolute Gasteiger partial charge is 0.0427 e. The third-order valence-corrected chi connectivity index (χ3v) is 7.60. The topological polar surface area (TPSA) is 32.5 Å². The Balaban J connectivity index is 1.79. The van der Waals surface area contributed by atoms with Gasteiger partial charge in [-0.1, -0.05) is 13.8 Å². The van der Waals surface area contributed by atoms with E-state index < -0.39 is 0 Å². The second kappa shape index (κ2) is 5.45. The lowest BCUT2D eigenvalue weighted by molar-refractivity contribution is 0.0601. The predicted molar refractivity (Wildman–Crippen MR) is 88.3 cm³/mol. The Hall–Kier alpha value is 0.230. The lowest BCUT2D eigenvalue weighted by atomic mass is 9.78. The summed E-state index contributed by atoms with van der Waals surface area (Å²) in [5.74, 6) is 2.52. The lowest BCUT2D eigenvalue weighted by Crippen LogP contribution is -2.61. The van der Waals surface area contributed by atoms with E-state index in [1.54, 1.807) is 0 Å². The van der Waals surface area contributed by atoms with Gasteiger partial charge in [-0.25, -0.2) is 0 Å². The van der Waals surface area contributed by atoms with Crippen LogP contribution in [0.25, 0.3) is 0 Å². The highest BCUT2D eigenvalue weighted by molar-refractivity contribution is 7.99. The van der Waals surface area contributed by atoms with Gasteiger partial charge in [-0.15, -0.1) is 0 Å². The van der Waals surface area contributed by atoms with Crippen molar-refractivity contribution in [3.05, 3.63) is 0 Å². The number of nitrogens with zero attached hydrogens (tertiary/aromatic N) is 2. The fraction of sp³-hybridized carbons (Fsp3) is 1.00. The number of fused-ring (bicyclic) bond motifs is 2. The highest BCUT2D eigenvalue weighted by Gasteiger charge is 2.46. The summed E-state index contributed by atoms with van der Waals surface area (Å²) < 4.78 is 0. The quantitative estimate of drug-likeness (QED) is 0.845. The van der Waals surface area contributed by atoms with Crippen LogP contribution in [0.3, 0.4) is 0 Å². The second-order valence-corrected chi connectivity index (χ2v) is 9.03. The van der Waals surface area contributed by atoms with Crippen molar-refractivity contribution in [1.82, 2.24) is 9.80 Å². The molecule has 3 nitrogen and oxygen atoms in total. The van der Waals surface area contributed by atoms with Gasteiger partial charge < -0.3 is 5.73 Å². The molecule has 0 aliphatic carbocycles. The van der Waals surface area contributed by atoms with Gasteiger partial charge in [0, 0.05) is 43.0 Å². The minimum absolute atomic E-state index is 0.248. The van der Waals surface area contributed by atoms with Crippen molar-refractivity contribution in [3.8, 4) is 0 Å². The molecule has 2 bridgehead atoms. The first kappa shape index (κ1) is 15.1. The molecular formula is C16H31N3S. The monoisotopic (exact) mass is 297 g/mol. The Morgan fingerprint density at radius 1 is 1.15 bits per heavy atom. The molecule has 3 heterocycles. The predicted octanol–water partition coefficient (Wildman–Crippen LogP) is 2.02. The summed E-state index contributed by atoms with van der Waals surface area (Å²) in [5, 5.41) is 0. The molecule has 0 aromatic carbocycles. The zero-order valence-corrected chi connectivity index (χ0v) is 14.2. The third-order valence-electron chi connectivity index (χ3n) is 5.87. The molecular weight excluding hydrogens is 266 g/mol. The maximum absolute atomic E-state index is 6.31. The lowest BCUT2D eigenvalue weighted by Gasteiger charge is -2.51. The molecule has 2 N–H and O–H groups in total.